The largest absolute Gasteiger partial charge is 0.347 e. The zero-order valence-electron chi connectivity index (χ0n) is 9.11. The fraction of sp³-hybridized carbons (Fsp3) is 0.700. The second kappa shape index (κ2) is 5.60. The van der Waals surface area contributed by atoms with Crippen LogP contribution in [-0.4, -0.2) is 28.6 Å². The van der Waals surface area contributed by atoms with Crippen molar-refractivity contribution >= 4 is 5.91 Å². The van der Waals surface area contributed by atoms with Crippen molar-refractivity contribution in [1.29, 1.82) is 0 Å². The first-order valence-corrected chi connectivity index (χ1v) is 5.62. The van der Waals surface area contributed by atoms with Crippen LogP contribution in [0.3, 0.4) is 0 Å². The molecular weight excluding hydrogens is 208 g/mol. The second-order valence-electron chi connectivity index (χ2n) is 3.92. The van der Waals surface area contributed by atoms with Crippen molar-refractivity contribution in [2.45, 2.75) is 38.3 Å². The van der Waals surface area contributed by atoms with Gasteiger partial charge in [-0.05, 0) is 19.4 Å². The van der Waals surface area contributed by atoms with Crippen molar-refractivity contribution in [1.82, 2.24) is 20.8 Å². The average molecular weight is 224 g/mol. The fourth-order valence-electron chi connectivity index (χ4n) is 1.81. The summed E-state index contributed by atoms with van der Waals surface area (Å²) in [5, 5.41) is 9.66. The van der Waals surface area contributed by atoms with E-state index in [1.54, 1.807) is 0 Å². The van der Waals surface area contributed by atoms with E-state index < -0.39 is 0 Å². The molecule has 2 heterocycles. The van der Waals surface area contributed by atoms with Gasteiger partial charge in [0.05, 0.1) is 12.6 Å². The molecule has 1 aliphatic heterocycles. The number of amides is 1. The molecule has 0 radical (unpaired) electrons. The summed E-state index contributed by atoms with van der Waals surface area (Å²) in [6.07, 6.45) is 5.60. The van der Waals surface area contributed by atoms with Crippen molar-refractivity contribution in [3.63, 3.8) is 0 Å². The van der Waals surface area contributed by atoms with Crippen molar-refractivity contribution in [2.24, 2.45) is 0 Å². The van der Waals surface area contributed by atoms with Crippen molar-refractivity contribution in [2.75, 3.05) is 6.54 Å². The Bertz CT molecular complexity index is 318. The Labute approximate surface area is 93.8 Å². The van der Waals surface area contributed by atoms with Gasteiger partial charge in [-0.2, -0.15) is 4.98 Å². The lowest BCUT2D eigenvalue weighted by Gasteiger charge is -2.14. The van der Waals surface area contributed by atoms with Crippen LogP contribution in [-0.2, 0) is 11.3 Å². The molecule has 6 heteroatoms. The van der Waals surface area contributed by atoms with Gasteiger partial charge in [-0.15, -0.1) is 0 Å². The molecule has 88 valence electrons. The Kier molecular flexibility index (Phi) is 3.87. The predicted molar refractivity (Wildman–Crippen MR) is 56.4 cm³/mol. The lowest BCUT2D eigenvalue weighted by Crippen LogP contribution is -2.43. The maximum Gasteiger partial charge on any atom is 0.237 e. The smallest absolute Gasteiger partial charge is 0.237 e. The van der Waals surface area contributed by atoms with Gasteiger partial charge >= 0.3 is 0 Å². The maximum atomic E-state index is 11.8. The van der Waals surface area contributed by atoms with Gasteiger partial charge in [0, 0.05) is 0 Å². The normalized spacial score (nSPS) is 21.4. The zero-order chi connectivity index (χ0) is 11.2. The molecule has 1 unspecified atom stereocenters. The molecule has 0 aliphatic carbocycles. The van der Waals surface area contributed by atoms with Gasteiger partial charge < -0.3 is 15.2 Å². The highest BCUT2D eigenvalue weighted by Crippen LogP contribution is 2.08. The van der Waals surface area contributed by atoms with Gasteiger partial charge in [0.25, 0.3) is 0 Å². The third kappa shape index (κ3) is 3.03. The van der Waals surface area contributed by atoms with Crippen molar-refractivity contribution in [3.8, 4) is 0 Å². The van der Waals surface area contributed by atoms with Crippen LogP contribution in [0.25, 0.3) is 0 Å². The van der Waals surface area contributed by atoms with Gasteiger partial charge in [0.1, 0.15) is 0 Å². The molecule has 2 rings (SSSR count). The molecule has 16 heavy (non-hydrogen) atoms. The molecule has 2 N–H and O–H groups in total. The maximum absolute atomic E-state index is 11.8. The number of nitrogens with zero attached hydrogens (tertiary/aromatic N) is 2. The average Bonchev–Trinajstić information content (AvgIpc) is 2.66. The third-order valence-corrected chi connectivity index (χ3v) is 2.70. The Morgan fingerprint density at radius 2 is 2.50 bits per heavy atom. The molecule has 0 aromatic carbocycles. The molecule has 1 amide bonds. The van der Waals surface area contributed by atoms with Crippen LogP contribution < -0.4 is 10.6 Å². The number of hydrogen-bond donors (Lipinski definition) is 2. The van der Waals surface area contributed by atoms with Crippen LogP contribution in [0.4, 0.5) is 0 Å². The van der Waals surface area contributed by atoms with Gasteiger partial charge in [0.15, 0.2) is 5.82 Å². The van der Waals surface area contributed by atoms with E-state index in [1.165, 1.54) is 12.8 Å². The van der Waals surface area contributed by atoms with Gasteiger partial charge in [-0.3, -0.25) is 4.79 Å². The minimum absolute atomic E-state index is 0.0201. The van der Waals surface area contributed by atoms with Gasteiger partial charge in [0.2, 0.25) is 12.3 Å². The molecule has 1 aliphatic rings. The Balaban J connectivity index is 1.78. The Hall–Kier alpha value is -1.43. The standard InChI is InChI=1S/C10H16N4O2/c15-10(8-4-2-1-3-5-11-8)12-6-9-13-7-16-14-9/h7-8,11H,1-6H2,(H,12,15). The van der Waals surface area contributed by atoms with E-state index >= 15 is 0 Å². The molecule has 0 saturated carbocycles. The molecule has 1 aromatic heterocycles. The SMILES string of the molecule is O=C(NCc1ncon1)C1CCCCCN1. The van der Waals surface area contributed by atoms with Crippen LogP contribution in [0.2, 0.25) is 0 Å². The monoisotopic (exact) mass is 224 g/mol. The first-order chi connectivity index (χ1) is 7.86. The highest BCUT2D eigenvalue weighted by molar-refractivity contribution is 5.81. The molecule has 1 fully saturated rings. The summed E-state index contributed by atoms with van der Waals surface area (Å²) in [6.45, 7) is 1.24. The molecule has 1 atom stereocenters. The summed E-state index contributed by atoms with van der Waals surface area (Å²) in [5.74, 6) is 0.522. The molecule has 1 aromatic rings. The quantitative estimate of drug-likeness (QED) is 0.767. The number of carbonyl (C=O) groups excluding carboxylic acids is 1. The molecule has 0 spiro atoms. The van der Waals surface area contributed by atoms with Crippen LogP contribution >= 0.6 is 0 Å². The van der Waals surface area contributed by atoms with Crippen LogP contribution in [0, 0.1) is 0 Å². The number of rotatable bonds is 3. The zero-order valence-corrected chi connectivity index (χ0v) is 9.11. The summed E-state index contributed by atoms with van der Waals surface area (Å²) in [5.41, 5.74) is 0. The van der Waals surface area contributed by atoms with E-state index in [4.69, 9.17) is 0 Å². The highest BCUT2D eigenvalue weighted by Gasteiger charge is 2.19. The van der Waals surface area contributed by atoms with Crippen LogP contribution in [0.15, 0.2) is 10.9 Å². The van der Waals surface area contributed by atoms with Crippen molar-refractivity contribution in [3.05, 3.63) is 12.2 Å². The summed E-state index contributed by atoms with van der Waals surface area (Å²) < 4.78 is 4.58. The van der Waals surface area contributed by atoms with Crippen LogP contribution in [0.5, 0.6) is 0 Å². The molecule has 0 bridgehead atoms. The first-order valence-electron chi connectivity index (χ1n) is 5.62. The van der Waals surface area contributed by atoms with E-state index in [0.717, 1.165) is 25.8 Å². The fourth-order valence-corrected chi connectivity index (χ4v) is 1.81. The Morgan fingerprint density at radius 3 is 3.31 bits per heavy atom. The van der Waals surface area contributed by atoms with E-state index in [2.05, 4.69) is 25.3 Å². The van der Waals surface area contributed by atoms with E-state index in [1.807, 2.05) is 0 Å². The highest BCUT2D eigenvalue weighted by atomic mass is 16.5. The van der Waals surface area contributed by atoms with E-state index in [0.29, 0.717) is 12.4 Å². The molecule has 1 saturated heterocycles. The lowest BCUT2D eigenvalue weighted by molar-refractivity contribution is -0.123. The number of carbonyl (C=O) groups is 1. The second-order valence-corrected chi connectivity index (χ2v) is 3.92. The summed E-state index contributed by atoms with van der Waals surface area (Å²) in [6, 6.07) is -0.0746. The summed E-state index contributed by atoms with van der Waals surface area (Å²) in [4.78, 5) is 15.6. The van der Waals surface area contributed by atoms with E-state index in [9.17, 15) is 4.79 Å². The predicted octanol–water partition coefficient (Wildman–Crippen LogP) is 0.218. The Morgan fingerprint density at radius 1 is 1.56 bits per heavy atom. The number of aromatic nitrogens is 2. The minimum atomic E-state index is -0.0746. The third-order valence-electron chi connectivity index (χ3n) is 2.70. The van der Waals surface area contributed by atoms with E-state index in [-0.39, 0.29) is 11.9 Å². The van der Waals surface area contributed by atoms with Crippen LogP contribution in [0.1, 0.15) is 31.5 Å². The van der Waals surface area contributed by atoms with Gasteiger partial charge in [-0.25, -0.2) is 0 Å². The summed E-state index contributed by atoms with van der Waals surface area (Å²) in [7, 11) is 0. The van der Waals surface area contributed by atoms with Gasteiger partial charge in [-0.1, -0.05) is 18.0 Å². The minimum Gasteiger partial charge on any atom is -0.347 e. The van der Waals surface area contributed by atoms with Crippen molar-refractivity contribution < 1.29 is 9.32 Å². The molecular formula is C10H16N4O2. The number of nitrogens with one attached hydrogen (secondary N) is 2. The summed E-state index contributed by atoms with van der Waals surface area (Å²) >= 11 is 0. The lowest BCUT2D eigenvalue weighted by atomic mass is 10.1. The number of hydrogen-bond acceptors (Lipinski definition) is 5. The topological polar surface area (TPSA) is 80.1 Å². The first kappa shape index (κ1) is 11.1. The molecule has 6 nitrogen and oxygen atoms in total.